The molecule has 1 heterocycles. The number of hydrogen-bond acceptors (Lipinski definition) is 6. The molecule has 0 N–H and O–H groups in total. The van der Waals surface area contributed by atoms with Gasteiger partial charge in [-0.25, -0.2) is 9.59 Å². The van der Waals surface area contributed by atoms with Crippen molar-refractivity contribution >= 4 is 17.8 Å². The summed E-state index contributed by atoms with van der Waals surface area (Å²) in [6.45, 7) is 7.19. The van der Waals surface area contributed by atoms with E-state index in [0.717, 1.165) is 31.3 Å². The van der Waals surface area contributed by atoms with Crippen LogP contribution in [0.25, 0.3) is 0 Å². The normalized spacial score (nSPS) is 13.9. The van der Waals surface area contributed by atoms with Gasteiger partial charge in [-0.05, 0) is 45.3 Å². The molecule has 7 heteroatoms. The summed E-state index contributed by atoms with van der Waals surface area (Å²) >= 11 is 0. The quantitative estimate of drug-likeness (QED) is 0.253. The smallest absolute Gasteiger partial charge is 0.345 e. The van der Waals surface area contributed by atoms with Crippen molar-refractivity contribution in [2.45, 2.75) is 39.7 Å². The van der Waals surface area contributed by atoms with Crippen LogP contribution in [0.4, 0.5) is 0 Å². The van der Waals surface area contributed by atoms with Crippen molar-refractivity contribution in [3.63, 3.8) is 0 Å². The second kappa shape index (κ2) is 12.8. The Morgan fingerprint density at radius 2 is 1.57 bits per heavy atom. The van der Waals surface area contributed by atoms with Gasteiger partial charge in [-0.3, -0.25) is 4.79 Å². The third-order valence-corrected chi connectivity index (χ3v) is 4.92. The summed E-state index contributed by atoms with van der Waals surface area (Å²) in [6, 6.07) is 9.65. The van der Waals surface area contributed by atoms with Gasteiger partial charge in [0.25, 0.3) is 0 Å². The van der Waals surface area contributed by atoms with Crippen molar-refractivity contribution in [2.75, 3.05) is 39.4 Å². The lowest BCUT2D eigenvalue weighted by Crippen LogP contribution is -2.40. The van der Waals surface area contributed by atoms with Gasteiger partial charge in [0.1, 0.15) is 5.57 Å². The van der Waals surface area contributed by atoms with Crippen LogP contribution >= 0.6 is 0 Å². The van der Waals surface area contributed by atoms with Crippen LogP contribution in [-0.2, 0) is 30.4 Å². The third-order valence-electron chi connectivity index (χ3n) is 4.92. The van der Waals surface area contributed by atoms with Gasteiger partial charge < -0.3 is 19.3 Å². The molecule has 0 spiro atoms. The van der Waals surface area contributed by atoms with E-state index in [1.807, 2.05) is 30.3 Å². The highest BCUT2D eigenvalue weighted by atomic mass is 16.6. The van der Waals surface area contributed by atoms with Gasteiger partial charge in [0, 0.05) is 25.7 Å². The molecule has 0 unspecified atom stereocenters. The van der Waals surface area contributed by atoms with E-state index >= 15 is 0 Å². The van der Waals surface area contributed by atoms with Crippen LogP contribution in [0.15, 0.2) is 42.0 Å². The second-order valence-corrected chi connectivity index (χ2v) is 7.15. The van der Waals surface area contributed by atoms with Gasteiger partial charge >= 0.3 is 11.9 Å². The van der Waals surface area contributed by atoms with E-state index in [4.69, 9.17) is 9.47 Å². The van der Waals surface area contributed by atoms with Crippen LogP contribution in [-0.4, -0.2) is 67.0 Å². The van der Waals surface area contributed by atoms with Gasteiger partial charge in [0.15, 0.2) is 0 Å². The fourth-order valence-electron chi connectivity index (χ4n) is 3.35. The number of benzene rings is 1. The molecule has 2 rings (SSSR count). The topological polar surface area (TPSA) is 76.2 Å². The van der Waals surface area contributed by atoms with Gasteiger partial charge in [-0.1, -0.05) is 36.8 Å². The highest BCUT2D eigenvalue weighted by Gasteiger charge is 2.24. The zero-order chi connectivity index (χ0) is 21.8. The molecule has 1 fully saturated rings. The standard InChI is InChI=1S/C23H32N2O5/c1-3-29-22(27)20(23(28)30-4-2)17-21(26)25(18-19-11-7-5-8-12-19)16-15-24-13-9-6-10-14-24/h5,7-8,11-12,17H,3-4,6,9-10,13-16,18H2,1-2H3. The van der Waals surface area contributed by atoms with Gasteiger partial charge in [0.2, 0.25) is 5.91 Å². The summed E-state index contributed by atoms with van der Waals surface area (Å²) in [6.07, 6.45) is 4.63. The zero-order valence-electron chi connectivity index (χ0n) is 18.0. The van der Waals surface area contributed by atoms with E-state index < -0.39 is 17.8 Å². The maximum atomic E-state index is 13.1. The number of likely N-dealkylation sites (tertiary alicyclic amines) is 1. The highest BCUT2D eigenvalue weighted by molar-refractivity contribution is 6.17. The molecule has 0 aromatic heterocycles. The number of ether oxygens (including phenoxy) is 2. The van der Waals surface area contributed by atoms with Crippen LogP contribution in [0.1, 0.15) is 38.7 Å². The average Bonchev–Trinajstić information content (AvgIpc) is 2.76. The fourth-order valence-corrected chi connectivity index (χ4v) is 3.35. The lowest BCUT2D eigenvalue weighted by atomic mass is 10.1. The molecule has 0 atom stereocenters. The van der Waals surface area contributed by atoms with Crippen LogP contribution in [0.2, 0.25) is 0 Å². The highest BCUT2D eigenvalue weighted by Crippen LogP contribution is 2.12. The maximum Gasteiger partial charge on any atom is 0.345 e. The third kappa shape index (κ3) is 7.63. The molecule has 1 aromatic carbocycles. The van der Waals surface area contributed by atoms with Gasteiger partial charge in [0.05, 0.1) is 13.2 Å². The van der Waals surface area contributed by atoms with E-state index in [0.29, 0.717) is 13.1 Å². The van der Waals surface area contributed by atoms with E-state index in [1.54, 1.807) is 18.7 Å². The Hall–Kier alpha value is -2.67. The van der Waals surface area contributed by atoms with Crippen molar-refractivity contribution in [3.05, 3.63) is 47.5 Å². The molecule has 1 aliphatic heterocycles. The molecule has 164 valence electrons. The average molecular weight is 417 g/mol. The summed E-state index contributed by atoms with van der Waals surface area (Å²) in [5.74, 6) is -2.10. The minimum atomic E-state index is -0.847. The van der Waals surface area contributed by atoms with Crippen LogP contribution in [0.3, 0.4) is 0 Å². The predicted octanol–water partition coefficient (Wildman–Crippen LogP) is 2.55. The molecular formula is C23H32N2O5. The molecule has 0 radical (unpaired) electrons. The molecular weight excluding hydrogens is 384 g/mol. The SMILES string of the molecule is CCOC(=O)C(=CC(=O)N(CCN1CCCCC1)Cc1ccccc1)C(=O)OCC. The number of rotatable bonds is 10. The number of hydrogen-bond donors (Lipinski definition) is 0. The Balaban J connectivity index is 2.19. The van der Waals surface area contributed by atoms with Crippen LogP contribution in [0.5, 0.6) is 0 Å². The van der Waals surface area contributed by atoms with E-state index in [2.05, 4.69) is 4.90 Å². The first-order valence-corrected chi connectivity index (χ1v) is 10.7. The second-order valence-electron chi connectivity index (χ2n) is 7.15. The van der Waals surface area contributed by atoms with Crippen molar-refractivity contribution in [1.82, 2.24) is 9.80 Å². The first kappa shape index (κ1) is 23.6. The number of nitrogens with zero attached hydrogens (tertiary/aromatic N) is 2. The Labute approximate surface area is 178 Å². The van der Waals surface area contributed by atoms with E-state index in [1.165, 1.54) is 19.3 Å². The Morgan fingerprint density at radius 3 is 2.13 bits per heavy atom. The molecule has 1 aliphatic rings. The van der Waals surface area contributed by atoms with Crippen molar-refractivity contribution in [3.8, 4) is 0 Å². The number of esters is 2. The first-order valence-electron chi connectivity index (χ1n) is 10.7. The zero-order valence-corrected chi connectivity index (χ0v) is 18.0. The molecule has 1 aromatic rings. The number of amides is 1. The number of piperidine rings is 1. The van der Waals surface area contributed by atoms with Crippen LogP contribution in [0, 0.1) is 0 Å². The number of carbonyl (C=O) groups excluding carboxylic acids is 3. The summed E-state index contributed by atoms with van der Waals surface area (Å²) in [4.78, 5) is 41.5. The molecule has 1 saturated heterocycles. The molecule has 7 nitrogen and oxygen atoms in total. The van der Waals surface area contributed by atoms with Gasteiger partial charge in [-0.2, -0.15) is 0 Å². The lowest BCUT2D eigenvalue weighted by molar-refractivity contribution is -0.147. The summed E-state index contributed by atoms with van der Waals surface area (Å²) in [5, 5.41) is 0. The number of carbonyl (C=O) groups is 3. The Morgan fingerprint density at radius 1 is 0.967 bits per heavy atom. The summed E-state index contributed by atoms with van der Waals surface area (Å²) < 4.78 is 9.88. The van der Waals surface area contributed by atoms with Crippen molar-refractivity contribution in [1.29, 1.82) is 0 Å². The van der Waals surface area contributed by atoms with E-state index in [9.17, 15) is 14.4 Å². The van der Waals surface area contributed by atoms with E-state index in [-0.39, 0.29) is 18.8 Å². The lowest BCUT2D eigenvalue weighted by Gasteiger charge is -2.30. The molecule has 30 heavy (non-hydrogen) atoms. The molecule has 1 amide bonds. The molecule has 0 saturated carbocycles. The van der Waals surface area contributed by atoms with Crippen molar-refractivity contribution in [2.24, 2.45) is 0 Å². The minimum Gasteiger partial charge on any atom is -0.462 e. The first-order chi connectivity index (χ1) is 14.5. The Bertz CT molecular complexity index is 706. The summed E-state index contributed by atoms with van der Waals surface area (Å²) in [7, 11) is 0. The maximum absolute atomic E-state index is 13.1. The predicted molar refractivity (Wildman–Crippen MR) is 113 cm³/mol. The summed E-state index contributed by atoms with van der Waals surface area (Å²) in [5.41, 5.74) is 0.603. The Kier molecular flexibility index (Phi) is 10.1. The molecule has 0 bridgehead atoms. The van der Waals surface area contributed by atoms with Crippen molar-refractivity contribution < 1.29 is 23.9 Å². The molecule has 0 aliphatic carbocycles. The van der Waals surface area contributed by atoms with Gasteiger partial charge in [-0.15, -0.1) is 0 Å². The van der Waals surface area contributed by atoms with Crippen LogP contribution < -0.4 is 0 Å². The monoisotopic (exact) mass is 416 g/mol. The minimum absolute atomic E-state index is 0.104. The largest absolute Gasteiger partial charge is 0.462 e. The fraction of sp³-hybridized carbons (Fsp3) is 0.522.